The van der Waals surface area contributed by atoms with Crippen molar-refractivity contribution in [3.8, 4) is 22.6 Å². The molecule has 0 radical (unpaired) electrons. The van der Waals surface area contributed by atoms with Gasteiger partial charge in [-0.05, 0) is 38.0 Å². The Hall–Kier alpha value is -3.52. The number of rotatable bonds is 5. The zero-order valence-electron chi connectivity index (χ0n) is 17.6. The second-order valence-electron chi connectivity index (χ2n) is 7.93. The normalized spacial score (nSPS) is 16.7. The number of nitrogens with zero attached hydrogens (tertiary/aromatic N) is 6. The van der Waals surface area contributed by atoms with Crippen molar-refractivity contribution < 1.29 is 0 Å². The summed E-state index contributed by atoms with van der Waals surface area (Å²) in [5.41, 5.74) is 11.6. The molecule has 0 amide bonds. The molecule has 1 saturated heterocycles. The molecule has 8 heteroatoms. The summed E-state index contributed by atoms with van der Waals surface area (Å²) in [6.07, 6.45) is 9.62. The number of aromatic amines is 1. The summed E-state index contributed by atoms with van der Waals surface area (Å²) < 4.78 is 1.89. The van der Waals surface area contributed by atoms with Gasteiger partial charge in [0.2, 0.25) is 0 Å². The Labute approximate surface area is 180 Å². The number of H-pyrrole nitrogens is 1. The monoisotopic (exact) mass is 414 g/mol. The molecule has 31 heavy (non-hydrogen) atoms. The summed E-state index contributed by atoms with van der Waals surface area (Å²) in [5, 5.41) is 13.0. The van der Waals surface area contributed by atoms with Crippen LogP contribution in [0, 0.1) is 0 Å². The number of fused-ring (bicyclic) bond motifs is 1. The SMILES string of the molecule is C=Cc1ccc(-c2n[nH]c3cnc(-c4cnn(CC)c4)cc23)nc1N1CCCC(N)C1. The Kier molecular flexibility index (Phi) is 4.99. The van der Waals surface area contributed by atoms with Gasteiger partial charge in [-0.25, -0.2) is 4.98 Å². The van der Waals surface area contributed by atoms with E-state index in [9.17, 15) is 0 Å². The van der Waals surface area contributed by atoms with E-state index >= 15 is 0 Å². The Morgan fingerprint density at radius 3 is 2.97 bits per heavy atom. The molecule has 0 bridgehead atoms. The second-order valence-corrected chi connectivity index (χ2v) is 7.93. The molecule has 4 aromatic heterocycles. The summed E-state index contributed by atoms with van der Waals surface area (Å²) in [7, 11) is 0. The number of anilines is 1. The van der Waals surface area contributed by atoms with E-state index in [-0.39, 0.29) is 6.04 Å². The molecule has 0 aliphatic carbocycles. The summed E-state index contributed by atoms with van der Waals surface area (Å²) in [6, 6.07) is 6.26. The second kappa shape index (κ2) is 7.96. The minimum absolute atomic E-state index is 0.167. The van der Waals surface area contributed by atoms with E-state index in [1.54, 1.807) is 0 Å². The zero-order chi connectivity index (χ0) is 21.4. The van der Waals surface area contributed by atoms with Gasteiger partial charge in [0, 0.05) is 48.4 Å². The van der Waals surface area contributed by atoms with E-state index in [0.717, 1.165) is 77.4 Å². The lowest BCUT2D eigenvalue weighted by Crippen LogP contribution is -2.43. The molecule has 1 atom stereocenters. The standard InChI is InChI=1S/C23H26N8/c1-3-15-7-8-19(27-23(15)30-9-5-6-17(24)14-30)22-18-10-20(25-12-21(18)28-29-22)16-11-26-31(4-2)13-16/h3,7-8,10-13,17H,1,4-6,9,14,24H2,2H3,(H,28,29). The van der Waals surface area contributed by atoms with Gasteiger partial charge in [-0.15, -0.1) is 0 Å². The van der Waals surface area contributed by atoms with Crippen LogP contribution in [0.2, 0.25) is 0 Å². The first-order valence-corrected chi connectivity index (χ1v) is 10.7. The molecule has 1 aliphatic rings. The molecular weight excluding hydrogens is 388 g/mol. The Balaban J connectivity index is 1.58. The highest BCUT2D eigenvalue weighted by Gasteiger charge is 2.21. The van der Waals surface area contributed by atoms with Crippen molar-refractivity contribution in [1.82, 2.24) is 29.9 Å². The van der Waals surface area contributed by atoms with Crippen molar-refractivity contribution in [2.24, 2.45) is 5.73 Å². The smallest absolute Gasteiger partial charge is 0.136 e. The predicted molar refractivity (Wildman–Crippen MR) is 124 cm³/mol. The predicted octanol–water partition coefficient (Wildman–Crippen LogP) is 3.47. The number of aromatic nitrogens is 6. The average molecular weight is 415 g/mol. The number of hydrogen-bond donors (Lipinski definition) is 2. The molecule has 0 aromatic carbocycles. The molecule has 3 N–H and O–H groups in total. The van der Waals surface area contributed by atoms with Gasteiger partial charge in [0.05, 0.1) is 29.3 Å². The van der Waals surface area contributed by atoms with Crippen molar-refractivity contribution in [2.45, 2.75) is 32.4 Å². The van der Waals surface area contributed by atoms with Crippen LogP contribution in [0.4, 0.5) is 5.82 Å². The largest absolute Gasteiger partial charge is 0.355 e. The van der Waals surface area contributed by atoms with Crippen LogP contribution in [0.1, 0.15) is 25.3 Å². The van der Waals surface area contributed by atoms with Gasteiger partial charge in [0.1, 0.15) is 11.5 Å². The Morgan fingerprint density at radius 2 is 2.19 bits per heavy atom. The number of nitrogens with two attached hydrogens (primary N) is 1. The fraction of sp³-hybridized carbons (Fsp3) is 0.304. The van der Waals surface area contributed by atoms with E-state index in [4.69, 9.17) is 10.7 Å². The van der Waals surface area contributed by atoms with Crippen molar-refractivity contribution >= 4 is 22.8 Å². The summed E-state index contributed by atoms with van der Waals surface area (Å²) >= 11 is 0. The van der Waals surface area contributed by atoms with E-state index in [1.807, 2.05) is 41.5 Å². The minimum Gasteiger partial charge on any atom is -0.355 e. The number of hydrogen-bond acceptors (Lipinski definition) is 6. The van der Waals surface area contributed by atoms with Gasteiger partial charge in [-0.2, -0.15) is 10.2 Å². The molecular formula is C23H26N8. The first-order chi connectivity index (χ1) is 15.2. The number of piperidine rings is 1. The van der Waals surface area contributed by atoms with Crippen LogP contribution in [0.5, 0.6) is 0 Å². The van der Waals surface area contributed by atoms with Gasteiger partial charge in [0.25, 0.3) is 0 Å². The molecule has 158 valence electrons. The average Bonchev–Trinajstić information content (AvgIpc) is 3.45. The van der Waals surface area contributed by atoms with Crippen molar-refractivity contribution in [1.29, 1.82) is 0 Å². The van der Waals surface area contributed by atoms with E-state index in [2.05, 4.69) is 44.7 Å². The highest BCUT2D eigenvalue weighted by atomic mass is 15.3. The van der Waals surface area contributed by atoms with E-state index in [1.165, 1.54) is 0 Å². The van der Waals surface area contributed by atoms with E-state index < -0.39 is 0 Å². The Morgan fingerprint density at radius 1 is 1.29 bits per heavy atom. The quantitative estimate of drug-likeness (QED) is 0.518. The Bertz CT molecular complexity index is 1240. The summed E-state index contributed by atoms with van der Waals surface area (Å²) in [5.74, 6) is 0.914. The fourth-order valence-corrected chi connectivity index (χ4v) is 4.14. The van der Waals surface area contributed by atoms with Crippen molar-refractivity contribution in [2.75, 3.05) is 18.0 Å². The first kappa shape index (κ1) is 19.4. The number of nitrogens with one attached hydrogen (secondary N) is 1. The third-order valence-electron chi connectivity index (χ3n) is 5.83. The highest BCUT2D eigenvalue weighted by molar-refractivity contribution is 5.94. The maximum absolute atomic E-state index is 6.22. The first-order valence-electron chi connectivity index (χ1n) is 10.7. The van der Waals surface area contributed by atoms with Crippen LogP contribution >= 0.6 is 0 Å². The highest BCUT2D eigenvalue weighted by Crippen LogP contribution is 2.31. The topological polar surface area (TPSA) is 102 Å². The lowest BCUT2D eigenvalue weighted by atomic mass is 10.1. The van der Waals surface area contributed by atoms with Crippen molar-refractivity contribution in [3.63, 3.8) is 0 Å². The molecule has 0 spiro atoms. The van der Waals surface area contributed by atoms with Crippen LogP contribution in [-0.2, 0) is 6.54 Å². The molecule has 1 unspecified atom stereocenters. The third kappa shape index (κ3) is 3.59. The molecule has 5 rings (SSSR count). The molecule has 5 heterocycles. The van der Waals surface area contributed by atoms with Crippen LogP contribution in [-0.4, -0.2) is 49.1 Å². The van der Waals surface area contributed by atoms with E-state index in [0.29, 0.717) is 0 Å². The van der Waals surface area contributed by atoms with Gasteiger partial charge >= 0.3 is 0 Å². The zero-order valence-corrected chi connectivity index (χ0v) is 17.6. The number of aryl methyl sites for hydroxylation is 1. The van der Waals surface area contributed by atoms with Gasteiger partial charge in [-0.3, -0.25) is 14.8 Å². The van der Waals surface area contributed by atoms with Crippen LogP contribution < -0.4 is 10.6 Å². The lowest BCUT2D eigenvalue weighted by Gasteiger charge is -2.32. The lowest BCUT2D eigenvalue weighted by molar-refractivity contribution is 0.503. The molecule has 4 aromatic rings. The third-order valence-corrected chi connectivity index (χ3v) is 5.83. The van der Waals surface area contributed by atoms with Crippen LogP contribution in [0.3, 0.4) is 0 Å². The minimum atomic E-state index is 0.167. The number of pyridine rings is 2. The van der Waals surface area contributed by atoms with Gasteiger partial charge in [-0.1, -0.05) is 12.7 Å². The van der Waals surface area contributed by atoms with Gasteiger partial charge < -0.3 is 10.6 Å². The van der Waals surface area contributed by atoms with Gasteiger partial charge in [0.15, 0.2) is 0 Å². The fourth-order valence-electron chi connectivity index (χ4n) is 4.14. The molecule has 0 saturated carbocycles. The van der Waals surface area contributed by atoms with Crippen LogP contribution in [0.15, 0.2) is 43.4 Å². The maximum Gasteiger partial charge on any atom is 0.136 e. The van der Waals surface area contributed by atoms with Crippen molar-refractivity contribution in [3.05, 3.63) is 48.9 Å². The maximum atomic E-state index is 6.22. The summed E-state index contributed by atoms with van der Waals surface area (Å²) in [4.78, 5) is 11.8. The van der Waals surface area contributed by atoms with Crippen LogP contribution in [0.25, 0.3) is 39.6 Å². The molecule has 1 aliphatic heterocycles. The molecule has 8 nitrogen and oxygen atoms in total. The summed E-state index contributed by atoms with van der Waals surface area (Å²) in [6.45, 7) is 8.60. The molecule has 1 fully saturated rings.